The average Bonchev–Trinajstić information content (AvgIpc) is 3.38. The fourth-order valence-corrected chi connectivity index (χ4v) is 4.43. The summed E-state index contributed by atoms with van der Waals surface area (Å²) in [5, 5.41) is 10.8. The maximum atomic E-state index is 12.8. The number of hydrogen-bond donors (Lipinski definition) is 2. The predicted molar refractivity (Wildman–Crippen MR) is 125 cm³/mol. The van der Waals surface area contributed by atoms with Crippen molar-refractivity contribution in [1.82, 2.24) is 14.9 Å². The van der Waals surface area contributed by atoms with Crippen LogP contribution < -0.4 is 5.56 Å². The van der Waals surface area contributed by atoms with E-state index in [9.17, 15) is 14.7 Å². The third-order valence-corrected chi connectivity index (χ3v) is 5.96. The third kappa shape index (κ3) is 6.61. The number of esters is 1. The normalized spacial score (nSPS) is 12.5. The minimum Gasteiger partial charge on any atom is -0.468 e. The van der Waals surface area contributed by atoms with E-state index in [1.165, 1.54) is 6.08 Å². The lowest BCUT2D eigenvalue weighted by Crippen LogP contribution is -2.35. The number of aliphatic hydroxyl groups is 1. The van der Waals surface area contributed by atoms with Crippen molar-refractivity contribution in [2.45, 2.75) is 46.1 Å². The number of fused-ring (bicyclic) bond motifs is 1. The molecule has 3 aromatic rings. The Balaban J connectivity index is 1.84. The van der Waals surface area contributed by atoms with E-state index >= 15 is 0 Å². The number of aryl methyl sites for hydroxylation is 1. The van der Waals surface area contributed by atoms with Crippen LogP contribution in [0.15, 0.2) is 40.3 Å². The highest BCUT2D eigenvalue weighted by Gasteiger charge is 2.22. The number of nitrogens with zero attached hydrogens (tertiary/aromatic N) is 2. The first-order valence-corrected chi connectivity index (χ1v) is 11.4. The van der Waals surface area contributed by atoms with Crippen LogP contribution in [0.1, 0.15) is 40.7 Å². The molecule has 3 rings (SSSR count). The van der Waals surface area contributed by atoms with E-state index < -0.39 is 12.1 Å². The summed E-state index contributed by atoms with van der Waals surface area (Å²) < 4.78 is 16.1. The van der Waals surface area contributed by atoms with Crippen molar-refractivity contribution in [2.75, 3.05) is 19.8 Å². The van der Waals surface area contributed by atoms with Crippen LogP contribution in [-0.4, -0.2) is 57.9 Å². The first-order chi connectivity index (χ1) is 15.8. The van der Waals surface area contributed by atoms with E-state index in [0.717, 1.165) is 17.1 Å². The summed E-state index contributed by atoms with van der Waals surface area (Å²) in [6.45, 7) is 10.3. The van der Waals surface area contributed by atoms with E-state index in [1.807, 2.05) is 24.8 Å². The zero-order valence-electron chi connectivity index (χ0n) is 19.0. The molecule has 3 aromatic heterocycles. The molecule has 178 valence electrons. The van der Waals surface area contributed by atoms with Gasteiger partial charge in [-0.05, 0) is 38.5 Å². The van der Waals surface area contributed by atoms with Gasteiger partial charge in [-0.2, -0.15) is 0 Å². The van der Waals surface area contributed by atoms with Gasteiger partial charge in [-0.25, -0.2) is 9.78 Å². The molecule has 3 heterocycles. The monoisotopic (exact) mass is 475 g/mol. The fraction of sp³-hybridized carbons (Fsp3) is 0.435. The molecule has 0 aliphatic rings. The Kier molecular flexibility index (Phi) is 8.56. The molecule has 10 heteroatoms. The smallest absolute Gasteiger partial charge is 0.348 e. The minimum absolute atomic E-state index is 0.00744. The highest BCUT2D eigenvalue weighted by atomic mass is 32.1. The lowest BCUT2D eigenvalue weighted by molar-refractivity contribution is -0.0117. The fourth-order valence-electron chi connectivity index (χ4n) is 3.33. The van der Waals surface area contributed by atoms with Crippen molar-refractivity contribution in [3.05, 3.63) is 63.4 Å². The highest BCUT2D eigenvalue weighted by Crippen LogP contribution is 2.27. The van der Waals surface area contributed by atoms with Crippen molar-refractivity contribution in [2.24, 2.45) is 0 Å². The van der Waals surface area contributed by atoms with Gasteiger partial charge < -0.3 is 24.0 Å². The van der Waals surface area contributed by atoms with Crippen molar-refractivity contribution in [3.8, 4) is 0 Å². The Bertz CT molecular complexity index is 1140. The molecule has 1 atom stereocenters. The van der Waals surface area contributed by atoms with Crippen LogP contribution in [-0.2, 0) is 22.6 Å². The molecule has 9 nitrogen and oxygen atoms in total. The van der Waals surface area contributed by atoms with Gasteiger partial charge in [0.1, 0.15) is 27.9 Å². The zero-order chi connectivity index (χ0) is 24.0. The summed E-state index contributed by atoms with van der Waals surface area (Å²) in [5.74, 6) is 0.627. The summed E-state index contributed by atoms with van der Waals surface area (Å²) in [7, 11) is 0. The van der Waals surface area contributed by atoms with Crippen LogP contribution >= 0.6 is 11.3 Å². The second kappa shape index (κ2) is 11.4. The van der Waals surface area contributed by atoms with Crippen LogP contribution in [0.3, 0.4) is 0 Å². The lowest BCUT2D eigenvalue weighted by Gasteiger charge is -2.24. The Morgan fingerprint density at radius 3 is 2.88 bits per heavy atom. The van der Waals surface area contributed by atoms with E-state index in [2.05, 4.69) is 16.5 Å². The van der Waals surface area contributed by atoms with Crippen LogP contribution in [0.5, 0.6) is 0 Å². The third-order valence-electron chi connectivity index (χ3n) is 4.79. The second-order valence-corrected chi connectivity index (χ2v) is 8.92. The minimum atomic E-state index is -0.729. The summed E-state index contributed by atoms with van der Waals surface area (Å²) in [4.78, 5) is 35.2. The van der Waals surface area contributed by atoms with Crippen molar-refractivity contribution in [1.29, 1.82) is 0 Å². The highest BCUT2D eigenvalue weighted by molar-refractivity contribution is 7.20. The second-order valence-electron chi connectivity index (χ2n) is 7.92. The van der Waals surface area contributed by atoms with Gasteiger partial charge >= 0.3 is 5.97 Å². The van der Waals surface area contributed by atoms with Gasteiger partial charge in [0.15, 0.2) is 0 Å². The Hall–Kier alpha value is -2.79. The zero-order valence-corrected chi connectivity index (χ0v) is 19.8. The van der Waals surface area contributed by atoms with Gasteiger partial charge in [0.05, 0.1) is 43.6 Å². The van der Waals surface area contributed by atoms with E-state index in [4.69, 9.17) is 13.9 Å². The molecular weight excluding hydrogens is 446 g/mol. The first-order valence-electron chi connectivity index (χ1n) is 10.6. The van der Waals surface area contributed by atoms with Crippen LogP contribution in [0.2, 0.25) is 0 Å². The lowest BCUT2D eigenvalue weighted by atomic mass is 10.2. The van der Waals surface area contributed by atoms with Gasteiger partial charge in [0.25, 0.3) is 5.56 Å². The Morgan fingerprint density at radius 2 is 2.21 bits per heavy atom. The molecule has 0 aromatic carbocycles. The quantitative estimate of drug-likeness (QED) is 0.303. The molecule has 0 amide bonds. The number of thiophene rings is 1. The van der Waals surface area contributed by atoms with E-state index in [-0.39, 0.29) is 38.0 Å². The number of carbonyl (C=O) groups excluding carboxylic acids is 1. The Morgan fingerprint density at radius 1 is 1.42 bits per heavy atom. The number of carbonyl (C=O) groups is 1. The first kappa shape index (κ1) is 24.8. The molecule has 2 N–H and O–H groups in total. The summed E-state index contributed by atoms with van der Waals surface area (Å²) in [6, 6.07) is 3.63. The molecule has 33 heavy (non-hydrogen) atoms. The molecule has 0 aliphatic carbocycles. The predicted octanol–water partition coefficient (Wildman–Crippen LogP) is 3.02. The van der Waals surface area contributed by atoms with Gasteiger partial charge in [-0.15, -0.1) is 11.3 Å². The topological polar surface area (TPSA) is 118 Å². The molecule has 1 unspecified atom stereocenters. The maximum absolute atomic E-state index is 12.8. The van der Waals surface area contributed by atoms with E-state index in [0.29, 0.717) is 33.0 Å². The van der Waals surface area contributed by atoms with Crippen molar-refractivity contribution in [3.63, 3.8) is 0 Å². The molecular formula is C23H29N3O6S. The van der Waals surface area contributed by atoms with Gasteiger partial charge in [-0.1, -0.05) is 12.7 Å². The number of aromatic amines is 1. The Labute approximate surface area is 195 Å². The molecule has 0 saturated carbocycles. The van der Waals surface area contributed by atoms with Gasteiger partial charge in [0.2, 0.25) is 0 Å². The largest absolute Gasteiger partial charge is 0.468 e. The molecule has 0 fully saturated rings. The molecule has 0 saturated heterocycles. The molecule has 0 aliphatic heterocycles. The number of furan rings is 1. The van der Waals surface area contributed by atoms with E-state index in [1.54, 1.807) is 19.3 Å². The van der Waals surface area contributed by atoms with Gasteiger partial charge in [0, 0.05) is 6.54 Å². The number of H-pyrrole nitrogens is 1. The number of aliphatic hydroxyl groups excluding tert-OH is 1. The van der Waals surface area contributed by atoms with Crippen molar-refractivity contribution < 1.29 is 23.8 Å². The molecule has 0 bridgehead atoms. The maximum Gasteiger partial charge on any atom is 0.348 e. The summed E-state index contributed by atoms with van der Waals surface area (Å²) >= 11 is 1.12. The number of hydrogen-bond acceptors (Lipinski definition) is 9. The molecule has 0 spiro atoms. The number of aromatic nitrogens is 2. The van der Waals surface area contributed by atoms with Crippen LogP contribution in [0.4, 0.5) is 0 Å². The average molecular weight is 476 g/mol. The molecule has 0 radical (unpaired) electrons. The van der Waals surface area contributed by atoms with Crippen molar-refractivity contribution >= 4 is 27.5 Å². The SMILES string of the molecule is C=CCOC(=O)c1sc2nc(CN(Cc3ccco3)CC(O)COC(C)C)[nH]c(=O)c2c1C. The van der Waals surface area contributed by atoms with Gasteiger partial charge in [-0.3, -0.25) is 9.69 Å². The summed E-state index contributed by atoms with van der Waals surface area (Å²) in [6.07, 6.45) is 2.35. The standard InChI is InChI=1S/C23H29N3O6S/c1-5-8-31-23(29)20-15(4)19-21(28)24-18(25-22(19)33-20)12-26(11-17-7-6-9-30-17)10-16(27)13-32-14(2)3/h5-7,9,14,16,27H,1,8,10-13H2,2-4H3,(H,24,25,28). The van der Waals surface area contributed by atoms with Crippen LogP contribution in [0.25, 0.3) is 10.2 Å². The number of rotatable bonds is 12. The van der Waals surface area contributed by atoms with Crippen LogP contribution in [0, 0.1) is 6.92 Å². The number of nitrogens with one attached hydrogen (secondary N) is 1. The summed E-state index contributed by atoms with van der Waals surface area (Å²) in [5.41, 5.74) is 0.214. The number of ether oxygens (including phenoxy) is 2.